The molecule has 152 valence electrons. The van der Waals surface area contributed by atoms with Gasteiger partial charge in [0.1, 0.15) is 4.83 Å². The van der Waals surface area contributed by atoms with E-state index in [0.717, 1.165) is 16.7 Å². The monoisotopic (exact) mass is 417 g/mol. The van der Waals surface area contributed by atoms with Crippen molar-refractivity contribution in [2.75, 3.05) is 0 Å². The van der Waals surface area contributed by atoms with E-state index in [9.17, 15) is 9.59 Å². The maximum Gasteiger partial charge on any atom is 0.262 e. The summed E-state index contributed by atoms with van der Waals surface area (Å²) in [6.45, 7) is 4.28. The number of thiophene rings is 1. The van der Waals surface area contributed by atoms with Crippen molar-refractivity contribution >= 4 is 27.5 Å². The number of rotatable bonds is 6. The molecule has 0 radical (unpaired) electrons. The number of fused-ring (bicyclic) bond motifs is 1. The Morgan fingerprint density at radius 3 is 2.60 bits per heavy atom. The molecule has 4 rings (SSSR count). The lowest BCUT2D eigenvalue weighted by atomic mass is 10.1. The molecule has 1 atom stereocenters. The fourth-order valence-electron chi connectivity index (χ4n) is 3.43. The summed E-state index contributed by atoms with van der Waals surface area (Å²) in [5, 5.41) is 5.58. The number of hydrogen-bond donors (Lipinski definition) is 1. The molecule has 0 aliphatic rings. The van der Waals surface area contributed by atoms with E-state index in [0.29, 0.717) is 10.2 Å². The highest BCUT2D eigenvalue weighted by atomic mass is 32.1. The minimum absolute atomic E-state index is 0.0824. The molecule has 6 heteroatoms. The number of amides is 1. The highest BCUT2D eigenvalue weighted by Crippen LogP contribution is 2.30. The molecule has 0 fully saturated rings. The molecule has 30 heavy (non-hydrogen) atoms. The predicted molar refractivity (Wildman–Crippen MR) is 122 cm³/mol. The summed E-state index contributed by atoms with van der Waals surface area (Å²) < 4.78 is 1.53. The van der Waals surface area contributed by atoms with E-state index in [1.807, 2.05) is 73.8 Å². The number of aryl methyl sites for hydroxylation is 2. The highest BCUT2D eigenvalue weighted by Gasteiger charge is 2.14. The lowest BCUT2D eigenvalue weighted by Crippen LogP contribution is -2.29. The molecule has 4 aromatic rings. The van der Waals surface area contributed by atoms with Crippen LogP contribution in [0, 0.1) is 6.92 Å². The zero-order valence-corrected chi connectivity index (χ0v) is 17.8. The number of hydrogen-bond acceptors (Lipinski definition) is 4. The van der Waals surface area contributed by atoms with Gasteiger partial charge in [-0.15, -0.1) is 11.3 Å². The molecule has 0 unspecified atom stereocenters. The zero-order valence-electron chi connectivity index (χ0n) is 17.0. The van der Waals surface area contributed by atoms with Crippen molar-refractivity contribution in [1.29, 1.82) is 0 Å². The number of carbonyl (C=O) groups is 1. The second kappa shape index (κ2) is 8.63. The van der Waals surface area contributed by atoms with Crippen LogP contribution in [0.1, 0.15) is 30.5 Å². The average molecular weight is 418 g/mol. The summed E-state index contributed by atoms with van der Waals surface area (Å²) in [6.07, 6.45) is 1.75. The Bertz CT molecular complexity index is 1230. The lowest BCUT2D eigenvalue weighted by molar-refractivity contribution is -0.121. The SMILES string of the molecule is Cc1ccc(-c2csc3ncn(CCC(=O)N[C@@H](C)c4ccccc4)c(=O)c23)cc1. The van der Waals surface area contributed by atoms with Gasteiger partial charge in [0.25, 0.3) is 5.56 Å². The molecule has 0 aliphatic carbocycles. The van der Waals surface area contributed by atoms with Crippen LogP contribution in [0.3, 0.4) is 0 Å². The fourth-order valence-corrected chi connectivity index (χ4v) is 4.34. The summed E-state index contributed by atoms with van der Waals surface area (Å²) in [7, 11) is 0. The Kier molecular flexibility index (Phi) is 5.77. The first-order chi connectivity index (χ1) is 14.5. The van der Waals surface area contributed by atoms with Crippen molar-refractivity contribution in [1.82, 2.24) is 14.9 Å². The molecular formula is C24H23N3O2S. The summed E-state index contributed by atoms with van der Waals surface area (Å²) in [6, 6.07) is 17.8. The van der Waals surface area contributed by atoms with E-state index in [1.54, 1.807) is 0 Å². The van der Waals surface area contributed by atoms with Crippen LogP contribution in [-0.4, -0.2) is 15.5 Å². The van der Waals surface area contributed by atoms with Gasteiger partial charge in [-0.05, 0) is 25.0 Å². The first-order valence-corrected chi connectivity index (χ1v) is 10.8. The number of aromatic nitrogens is 2. The molecule has 0 spiro atoms. The molecule has 0 saturated heterocycles. The maximum atomic E-state index is 13.1. The first kappa shape index (κ1) is 20.0. The third kappa shape index (κ3) is 4.19. The first-order valence-electron chi connectivity index (χ1n) is 9.91. The molecule has 2 aromatic heterocycles. The van der Waals surface area contributed by atoms with Crippen LogP contribution >= 0.6 is 11.3 Å². The van der Waals surface area contributed by atoms with E-state index in [1.165, 1.54) is 27.8 Å². The summed E-state index contributed by atoms with van der Waals surface area (Å²) in [5.41, 5.74) is 4.00. The van der Waals surface area contributed by atoms with Crippen LogP contribution in [0.25, 0.3) is 21.3 Å². The van der Waals surface area contributed by atoms with Gasteiger partial charge in [0.15, 0.2) is 0 Å². The van der Waals surface area contributed by atoms with Crippen molar-refractivity contribution in [2.24, 2.45) is 0 Å². The van der Waals surface area contributed by atoms with Crippen LogP contribution in [0.5, 0.6) is 0 Å². The molecular weight excluding hydrogens is 394 g/mol. The Morgan fingerprint density at radius 1 is 1.13 bits per heavy atom. The van der Waals surface area contributed by atoms with Crippen molar-refractivity contribution in [3.8, 4) is 11.1 Å². The van der Waals surface area contributed by atoms with Crippen LogP contribution in [-0.2, 0) is 11.3 Å². The average Bonchev–Trinajstić information content (AvgIpc) is 3.19. The minimum atomic E-state index is -0.110. The third-order valence-electron chi connectivity index (χ3n) is 5.18. The molecule has 1 amide bonds. The van der Waals surface area contributed by atoms with Gasteiger partial charge in [0.2, 0.25) is 5.91 Å². The molecule has 2 heterocycles. The highest BCUT2D eigenvalue weighted by molar-refractivity contribution is 7.17. The van der Waals surface area contributed by atoms with E-state index < -0.39 is 0 Å². The Morgan fingerprint density at radius 2 is 1.87 bits per heavy atom. The van der Waals surface area contributed by atoms with Gasteiger partial charge in [-0.25, -0.2) is 4.98 Å². The van der Waals surface area contributed by atoms with E-state index in [4.69, 9.17) is 0 Å². The zero-order chi connectivity index (χ0) is 21.1. The van der Waals surface area contributed by atoms with Crippen LogP contribution in [0.2, 0.25) is 0 Å². The second-order valence-electron chi connectivity index (χ2n) is 7.39. The Balaban J connectivity index is 1.51. The van der Waals surface area contributed by atoms with Gasteiger partial charge >= 0.3 is 0 Å². The number of nitrogens with one attached hydrogen (secondary N) is 1. The van der Waals surface area contributed by atoms with Crippen LogP contribution in [0.15, 0.2) is 71.1 Å². The van der Waals surface area contributed by atoms with Gasteiger partial charge in [-0.2, -0.15) is 0 Å². The molecule has 0 aliphatic heterocycles. The van der Waals surface area contributed by atoms with Gasteiger partial charge < -0.3 is 5.32 Å². The van der Waals surface area contributed by atoms with Gasteiger partial charge in [-0.1, -0.05) is 60.2 Å². The number of benzene rings is 2. The van der Waals surface area contributed by atoms with E-state index >= 15 is 0 Å². The normalized spacial score (nSPS) is 12.1. The van der Waals surface area contributed by atoms with Crippen LogP contribution < -0.4 is 10.9 Å². The van der Waals surface area contributed by atoms with Crippen molar-refractivity contribution in [3.63, 3.8) is 0 Å². The number of carbonyl (C=O) groups excluding carboxylic acids is 1. The fraction of sp³-hybridized carbons (Fsp3) is 0.208. The summed E-state index contributed by atoms with van der Waals surface area (Å²) >= 11 is 1.46. The van der Waals surface area contributed by atoms with Crippen molar-refractivity contribution in [2.45, 2.75) is 32.9 Å². The molecule has 1 N–H and O–H groups in total. The maximum absolute atomic E-state index is 13.1. The van der Waals surface area contributed by atoms with Crippen molar-refractivity contribution in [3.05, 3.63) is 87.8 Å². The molecule has 0 bridgehead atoms. The summed E-state index contributed by atoms with van der Waals surface area (Å²) in [4.78, 5) is 30.7. The predicted octanol–water partition coefficient (Wildman–Crippen LogP) is 4.70. The van der Waals surface area contributed by atoms with Crippen LogP contribution in [0.4, 0.5) is 0 Å². The molecule has 0 saturated carbocycles. The largest absolute Gasteiger partial charge is 0.350 e. The lowest BCUT2D eigenvalue weighted by Gasteiger charge is -2.14. The second-order valence-corrected chi connectivity index (χ2v) is 8.25. The number of nitrogens with zero attached hydrogens (tertiary/aromatic N) is 2. The minimum Gasteiger partial charge on any atom is -0.350 e. The van der Waals surface area contributed by atoms with Gasteiger partial charge in [-0.3, -0.25) is 14.2 Å². The van der Waals surface area contributed by atoms with Gasteiger partial charge in [0.05, 0.1) is 17.8 Å². The third-order valence-corrected chi connectivity index (χ3v) is 6.07. The Hall–Kier alpha value is -3.25. The van der Waals surface area contributed by atoms with Crippen molar-refractivity contribution < 1.29 is 4.79 Å². The van der Waals surface area contributed by atoms with Gasteiger partial charge in [0, 0.05) is 23.9 Å². The Labute approximate surface area is 179 Å². The van der Waals surface area contributed by atoms with E-state index in [-0.39, 0.29) is 30.5 Å². The molecule has 5 nitrogen and oxygen atoms in total. The van der Waals surface area contributed by atoms with E-state index in [2.05, 4.69) is 10.3 Å². The smallest absolute Gasteiger partial charge is 0.262 e. The summed E-state index contributed by atoms with van der Waals surface area (Å²) in [5.74, 6) is -0.0950. The molecule has 2 aromatic carbocycles. The topological polar surface area (TPSA) is 64.0 Å². The standard InChI is InChI=1S/C24H23N3O2S/c1-16-8-10-19(11-9-16)20-14-30-23-22(20)24(29)27(15-25-23)13-12-21(28)26-17(2)18-6-4-3-5-7-18/h3-11,14-15,17H,12-13H2,1-2H3,(H,26,28)/t17-/m0/s1. The quantitative estimate of drug-likeness (QED) is 0.495.